The summed E-state index contributed by atoms with van der Waals surface area (Å²) in [5.74, 6) is 4.32. The first-order valence-electron chi connectivity index (χ1n) is 11.5. The maximum Gasteiger partial charge on any atom is 0.320 e. The van der Waals surface area contributed by atoms with Crippen LogP contribution in [-0.4, -0.2) is 73.6 Å². The highest BCUT2D eigenvalue weighted by Crippen LogP contribution is 2.35. The average Bonchev–Trinajstić information content (AvgIpc) is 3.42. The third-order valence-electron chi connectivity index (χ3n) is 6.24. The number of sulfonamides is 1. The highest BCUT2D eigenvalue weighted by Gasteiger charge is 2.45. The Balaban J connectivity index is 1.57. The largest absolute Gasteiger partial charge is 0.480 e. The average molecular weight is 546 g/mol. The number of hydrogen-bond donors (Lipinski definition) is 6. The van der Waals surface area contributed by atoms with Crippen molar-refractivity contribution in [3.05, 3.63) is 42.5 Å². The molecule has 0 amide bonds. The van der Waals surface area contributed by atoms with Crippen molar-refractivity contribution in [1.29, 1.82) is 0 Å². The van der Waals surface area contributed by atoms with Crippen molar-refractivity contribution in [2.24, 2.45) is 16.8 Å². The van der Waals surface area contributed by atoms with E-state index < -0.39 is 52.5 Å². The number of aliphatic carboxylic acids is 1. The van der Waals surface area contributed by atoms with Gasteiger partial charge in [-0.2, -0.15) is 0 Å². The molecule has 1 fully saturated rings. The molecule has 0 bridgehead atoms. The van der Waals surface area contributed by atoms with Crippen molar-refractivity contribution < 1.29 is 33.3 Å². The predicted octanol–water partition coefficient (Wildman–Crippen LogP) is -1.07. The molecule has 0 spiro atoms. The van der Waals surface area contributed by atoms with Crippen LogP contribution < -0.4 is 16.6 Å². The molecular weight excluding hydrogens is 518 g/mol. The molecule has 1 saturated heterocycles. The lowest BCUT2D eigenvalue weighted by atomic mass is 9.92. The molecule has 9 N–H and O–H groups in total. The molecule has 4 rings (SSSR count). The van der Waals surface area contributed by atoms with Crippen LogP contribution in [-0.2, 0) is 19.6 Å². The molecule has 3 aromatic rings. The van der Waals surface area contributed by atoms with Gasteiger partial charge in [-0.05, 0) is 37.5 Å². The second kappa shape index (κ2) is 11.0. The van der Waals surface area contributed by atoms with Crippen LogP contribution in [0.2, 0.25) is 0 Å². The lowest BCUT2D eigenvalue weighted by molar-refractivity contribution is -0.138. The van der Waals surface area contributed by atoms with Crippen LogP contribution in [0, 0.1) is 17.8 Å². The number of hydrogen-bond acceptors (Lipinski definition) is 11. The quantitative estimate of drug-likeness (QED) is 0.185. The molecule has 14 nitrogen and oxygen atoms in total. The maximum absolute atomic E-state index is 11.7. The van der Waals surface area contributed by atoms with Gasteiger partial charge in [-0.1, -0.05) is 17.9 Å². The molecule has 0 radical (unpaired) electrons. The van der Waals surface area contributed by atoms with Gasteiger partial charge in [0.05, 0.1) is 17.3 Å². The minimum atomic E-state index is -3.93. The van der Waals surface area contributed by atoms with Crippen molar-refractivity contribution >= 4 is 33.0 Å². The Morgan fingerprint density at radius 3 is 2.66 bits per heavy atom. The van der Waals surface area contributed by atoms with Crippen molar-refractivity contribution in [3.8, 4) is 11.8 Å². The fraction of sp³-hybridized carbons (Fsp3) is 0.391. The summed E-state index contributed by atoms with van der Waals surface area (Å²) in [5, 5.41) is 35.9. The van der Waals surface area contributed by atoms with Gasteiger partial charge in [0, 0.05) is 11.5 Å². The number of nitrogens with zero attached hydrogens (tertiary/aromatic N) is 4. The number of benzene rings is 1. The summed E-state index contributed by atoms with van der Waals surface area (Å²) in [6, 6.07) is 4.63. The number of aliphatic hydroxyl groups is 2. The highest BCUT2D eigenvalue weighted by atomic mass is 32.2. The molecule has 3 heterocycles. The monoisotopic (exact) mass is 545 g/mol. The van der Waals surface area contributed by atoms with E-state index in [4.69, 9.17) is 26.4 Å². The van der Waals surface area contributed by atoms with Gasteiger partial charge in [0.15, 0.2) is 17.7 Å². The summed E-state index contributed by atoms with van der Waals surface area (Å²) in [4.78, 5) is 23.3. The molecule has 0 unspecified atom stereocenters. The predicted molar refractivity (Wildman–Crippen MR) is 133 cm³/mol. The van der Waals surface area contributed by atoms with Crippen LogP contribution in [0.25, 0.3) is 11.2 Å². The number of nitrogen functional groups attached to an aromatic ring is 1. The first kappa shape index (κ1) is 27.4. The van der Waals surface area contributed by atoms with Gasteiger partial charge in [0.2, 0.25) is 10.0 Å². The van der Waals surface area contributed by atoms with E-state index in [-0.39, 0.29) is 30.0 Å². The molecule has 1 aliphatic heterocycles. The summed E-state index contributed by atoms with van der Waals surface area (Å²) < 4.78 is 30.8. The minimum absolute atomic E-state index is 0.0864. The first-order valence-corrected chi connectivity index (χ1v) is 13.1. The van der Waals surface area contributed by atoms with E-state index in [1.165, 1.54) is 35.4 Å². The van der Waals surface area contributed by atoms with Gasteiger partial charge in [0.1, 0.15) is 30.1 Å². The van der Waals surface area contributed by atoms with Gasteiger partial charge >= 0.3 is 5.97 Å². The van der Waals surface area contributed by atoms with Gasteiger partial charge in [-0.25, -0.2) is 28.5 Å². The van der Waals surface area contributed by atoms with Gasteiger partial charge in [-0.3, -0.25) is 9.36 Å². The number of aliphatic hydroxyl groups excluding tert-OH is 2. The molecule has 1 aliphatic rings. The highest BCUT2D eigenvalue weighted by molar-refractivity contribution is 7.89. The number of carboxylic acid groups (broad SMARTS) is 1. The van der Waals surface area contributed by atoms with Crippen molar-refractivity contribution in [2.75, 3.05) is 5.73 Å². The standard InChI is InChI=1S/C23H27N7O7S/c24-15(23(33)34)7-6-13(5-4-12-2-1-3-14(8-12)38(26,35)36)9-16-18(31)19(32)22(37-16)30-11-29-17-20(25)27-10-28-21(17)30/h1-3,8,10-11,13,15-16,18-19,22,31-32H,6-7,9,24H2,(H,33,34)(H2,25,27,28)(H2,26,35,36)/t13-,15-,16+,18+,19+,22+/m0/s1. The Bertz CT molecular complexity index is 1500. The number of nitrogens with two attached hydrogens (primary N) is 3. The Morgan fingerprint density at radius 1 is 1.18 bits per heavy atom. The number of carboxylic acids is 1. The smallest absolute Gasteiger partial charge is 0.320 e. The Hall–Kier alpha value is -3.65. The number of ether oxygens (including phenoxy) is 1. The zero-order valence-electron chi connectivity index (χ0n) is 20.0. The Morgan fingerprint density at radius 2 is 1.95 bits per heavy atom. The van der Waals surface area contributed by atoms with Crippen LogP contribution in [0.4, 0.5) is 5.82 Å². The van der Waals surface area contributed by atoms with Crippen LogP contribution in [0.15, 0.2) is 41.8 Å². The Kier molecular flexibility index (Phi) is 7.92. The first-order chi connectivity index (χ1) is 18.0. The third kappa shape index (κ3) is 5.91. The molecule has 0 aliphatic carbocycles. The molecule has 202 valence electrons. The Labute approximate surface area is 217 Å². The molecule has 38 heavy (non-hydrogen) atoms. The fourth-order valence-electron chi connectivity index (χ4n) is 4.18. The second-order valence-corrected chi connectivity index (χ2v) is 10.5. The van der Waals surface area contributed by atoms with Crippen LogP contribution in [0.5, 0.6) is 0 Å². The summed E-state index contributed by atoms with van der Waals surface area (Å²) in [6.07, 6.45) is -1.50. The van der Waals surface area contributed by atoms with Crippen molar-refractivity contribution in [3.63, 3.8) is 0 Å². The topological polar surface area (TPSA) is 243 Å². The van der Waals surface area contributed by atoms with Gasteiger partial charge in [-0.15, -0.1) is 0 Å². The van der Waals surface area contributed by atoms with E-state index in [1.807, 2.05) is 0 Å². The zero-order valence-corrected chi connectivity index (χ0v) is 20.8. The van der Waals surface area contributed by atoms with Crippen LogP contribution >= 0.6 is 0 Å². The van der Waals surface area contributed by atoms with Crippen molar-refractivity contribution in [1.82, 2.24) is 19.5 Å². The van der Waals surface area contributed by atoms with Gasteiger partial charge < -0.3 is 31.5 Å². The molecule has 1 aromatic carbocycles. The van der Waals surface area contributed by atoms with E-state index in [0.717, 1.165) is 0 Å². The number of fused-ring (bicyclic) bond motifs is 1. The molecule has 6 atom stereocenters. The molecule has 2 aromatic heterocycles. The maximum atomic E-state index is 11.7. The van der Waals surface area contributed by atoms with Gasteiger partial charge in [0.25, 0.3) is 0 Å². The van der Waals surface area contributed by atoms with Crippen molar-refractivity contribution in [2.45, 2.75) is 54.7 Å². The van der Waals surface area contributed by atoms with E-state index in [0.29, 0.717) is 16.7 Å². The SMILES string of the molecule is Nc1ncnc2c1ncn2[C@@H]1O[C@H](C[C@@H](C#Cc2cccc(S(N)(=O)=O)c2)CC[C@H](N)C(=O)O)[C@@H](O)[C@H]1O. The number of imidazole rings is 1. The number of anilines is 1. The molecule has 15 heteroatoms. The number of primary sulfonamides is 1. The van der Waals surface area contributed by atoms with E-state index >= 15 is 0 Å². The van der Waals surface area contributed by atoms with Crippen LogP contribution in [0.3, 0.4) is 0 Å². The minimum Gasteiger partial charge on any atom is -0.480 e. The van der Waals surface area contributed by atoms with E-state index in [1.54, 1.807) is 6.07 Å². The van der Waals surface area contributed by atoms with Crippen LogP contribution in [0.1, 0.15) is 31.1 Å². The second-order valence-electron chi connectivity index (χ2n) is 8.93. The number of rotatable bonds is 8. The van der Waals surface area contributed by atoms with E-state index in [2.05, 4.69) is 26.8 Å². The summed E-state index contributed by atoms with van der Waals surface area (Å²) in [7, 11) is -3.93. The summed E-state index contributed by atoms with van der Waals surface area (Å²) >= 11 is 0. The fourth-order valence-corrected chi connectivity index (χ4v) is 4.74. The molecule has 0 saturated carbocycles. The number of aromatic nitrogens is 4. The van der Waals surface area contributed by atoms with E-state index in [9.17, 15) is 23.4 Å². The zero-order chi connectivity index (χ0) is 27.6. The lowest BCUT2D eigenvalue weighted by Gasteiger charge is -2.19. The number of carbonyl (C=O) groups is 1. The summed E-state index contributed by atoms with van der Waals surface area (Å²) in [6.45, 7) is 0. The summed E-state index contributed by atoms with van der Waals surface area (Å²) in [5.41, 5.74) is 12.5. The third-order valence-corrected chi connectivity index (χ3v) is 7.15. The normalized spacial score (nSPS) is 23.1. The molecular formula is C23H27N7O7S. The lowest BCUT2D eigenvalue weighted by Crippen LogP contribution is -2.33.